The van der Waals surface area contributed by atoms with Crippen molar-refractivity contribution in [3.8, 4) is 5.75 Å². The van der Waals surface area contributed by atoms with E-state index in [-0.39, 0.29) is 5.75 Å². The van der Waals surface area contributed by atoms with Gasteiger partial charge in [-0.2, -0.15) is 13.2 Å². The highest BCUT2D eigenvalue weighted by atomic mass is 19.4. The average molecular weight is 328 g/mol. The monoisotopic (exact) mass is 328 g/mol. The Hall–Kier alpha value is -2.08. The van der Waals surface area contributed by atoms with E-state index in [0.29, 0.717) is 11.1 Å². The van der Waals surface area contributed by atoms with Crippen molar-refractivity contribution in [3.05, 3.63) is 64.5 Å². The number of benzene rings is 2. The first kappa shape index (κ1) is 17.3. The molecule has 0 radical (unpaired) electrons. The Morgan fingerprint density at radius 3 is 2.00 bits per heavy atom. The molecule has 23 heavy (non-hydrogen) atoms. The first-order valence-corrected chi connectivity index (χ1v) is 6.82. The van der Waals surface area contributed by atoms with Gasteiger partial charge in [-0.25, -0.2) is 4.39 Å². The number of rotatable bonds is 3. The lowest BCUT2D eigenvalue weighted by molar-refractivity contribution is -0.249. The van der Waals surface area contributed by atoms with Crippen molar-refractivity contribution in [1.29, 1.82) is 0 Å². The first-order valence-electron chi connectivity index (χ1n) is 6.82. The third kappa shape index (κ3) is 2.91. The normalized spacial score (nSPS) is 14.4. The number of hydrogen-bond acceptors (Lipinski definition) is 2. The summed E-state index contributed by atoms with van der Waals surface area (Å²) in [6.45, 7) is 3.12. The molecule has 1 N–H and O–H groups in total. The fourth-order valence-corrected chi connectivity index (χ4v) is 2.47. The Morgan fingerprint density at radius 1 is 0.913 bits per heavy atom. The summed E-state index contributed by atoms with van der Waals surface area (Å²) in [4.78, 5) is 0. The topological polar surface area (TPSA) is 29.5 Å². The molecule has 0 bridgehead atoms. The highest BCUT2D eigenvalue weighted by Gasteiger charge is 2.58. The van der Waals surface area contributed by atoms with Crippen LogP contribution >= 0.6 is 0 Å². The highest BCUT2D eigenvalue weighted by Crippen LogP contribution is 2.48. The lowest BCUT2D eigenvalue weighted by Gasteiger charge is -2.33. The molecule has 6 heteroatoms. The van der Waals surface area contributed by atoms with Crippen molar-refractivity contribution >= 4 is 0 Å². The highest BCUT2D eigenvalue weighted by molar-refractivity contribution is 5.48. The van der Waals surface area contributed by atoms with Gasteiger partial charge in [0.1, 0.15) is 11.6 Å². The van der Waals surface area contributed by atoms with Gasteiger partial charge < -0.3 is 9.84 Å². The maximum atomic E-state index is 14.2. The second kappa shape index (κ2) is 5.85. The smallest absolute Gasteiger partial charge is 0.426 e. The van der Waals surface area contributed by atoms with Gasteiger partial charge >= 0.3 is 6.18 Å². The second-order valence-electron chi connectivity index (χ2n) is 5.40. The van der Waals surface area contributed by atoms with Crippen molar-refractivity contribution in [2.75, 3.05) is 7.11 Å². The number of methoxy groups -OCH3 is 1. The van der Waals surface area contributed by atoms with E-state index in [4.69, 9.17) is 4.74 Å². The SMILES string of the molecule is COc1ccc(C)cc1C(O)(c1ccc(C)cc1F)C(F)(F)F. The van der Waals surface area contributed by atoms with Crippen LogP contribution < -0.4 is 4.74 Å². The molecule has 2 rings (SSSR count). The van der Waals surface area contributed by atoms with E-state index in [1.807, 2.05) is 0 Å². The molecule has 2 aromatic rings. The second-order valence-corrected chi connectivity index (χ2v) is 5.40. The molecule has 0 heterocycles. The van der Waals surface area contributed by atoms with Gasteiger partial charge in [0.15, 0.2) is 0 Å². The van der Waals surface area contributed by atoms with Crippen LogP contribution in [0.4, 0.5) is 17.6 Å². The molecular formula is C17H16F4O2. The quantitative estimate of drug-likeness (QED) is 0.854. The van der Waals surface area contributed by atoms with Crippen LogP contribution in [0.1, 0.15) is 22.3 Å². The van der Waals surface area contributed by atoms with Crippen LogP contribution in [0.25, 0.3) is 0 Å². The Labute approximate surface area is 131 Å². The number of aryl methyl sites for hydroxylation is 2. The summed E-state index contributed by atoms with van der Waals surface area (Å²) in [7, 11) is 1.19. The molecule has 0 aliphatic rings. The van der Waals surface area contributed by atoms with Crippen molar-refractivity contribution in [2.45, 2.75) is 25.6 Å². The van der Waals surface area contributed by atoms with Crippen LogP contribution in [0.2, 0.25) is 0 Å². The van der Waals surface area contributed by atoms with Crippen LogP contribution in [0.5, 0.6) is 5.75 Å². The van der Waals surface area contributed by atoms with E-state index in [1.54, 1.807) is 19.9 Å². The Morgan fingerprint density at radius 2 is 1.48 bits per heavy atom. The predicted octanol–water partition coefficient (Wildman–Crippen LogP) is 4.25. The molecular weight excluding hydrogens is 312 g/mol. The third-order valence-electron chi connectivity index (χ3n) is 3.67. The summed E-state index contributed by atoms with van der Waals surface area (Å²) in [5.74, 6) is -1.30. The standard InChI is InChI=1S/C17H16F4O2/c1-10-5-7-15(23-3)13(8-10)16(22,17(19,20)21)12-6-4-11(2)9-14(12)18/h4-9,22H,1-3H3. The van der Waals surface area contributed by atoms with Gasteiger partial charge in [0, 0.05) is 11.1 Å². The molecule has 0 saturated carbocycles. The van der Waals surface area contributed by atoms with Crippen molar-refractivity contribution in [1.82, 2.24) is 0 Å². The van der Waals surface area contributed by atoms with Gasteiger partial charge in [-0.3, -0.25) is 0 Å². The first-order chi connectivity index (χ1) is 10.6. The molecule has 124 valence electrons. The molecule has 1 unspecified atom stereocenters. The molecule has 0 aromatic heterocycles. The van der Waals surface area contributed by atoms with Gasteiger partial charge in [-0.05, 0) is 37.6 Å². The molecule has 0 aliphatic heterocycles. The minimum absolute atomic E-state index is 0.171. The van der Waals surface area contributed by atoms with Gasteiger partial charge in [0.05, 0.1) is 7.11 Å². The van der Waals surface area contributed by atoms with Crippen LogP contribution in [-0.4, -0.2) is 18.4 Å². The summed E-state index contributed by atoms with van der Waals surface area (Å²) < 4.78 is 60.3. The molecule has 0 amide bonds. The van der Waals surface area contributed by atoms with Crippen LogP contribution in [-0.2, 0) is 5.60 Å². The molecule has 0 saturated heterocycles. The van der Waals surface area contributed by atoms with E-state index >= 15 is 0 Å². The van der Waals surface area contributed by atoms with E-state index < -0.39 is 28.7 Å². The predicted molar refractivity (Wildman–Crippen MR) is 77.9 cm³/mol. The lowest BCUT2D eigenvalue weighted by atomic mass is 9.83. The van der Waals surface area contributed by atoms with Gasteiger partial charge in [-0.15, -0.1) is 0 Å². The van der Waals surface area contributed by atoms with Crippen molar-refractivity contribution < 1.29 is 27.4 Å². The van der Waals surface area contributed by atoms with Crippen LogP contribution in [0.3, 0.4) is 0 Å². The number of alkyl halides is 3. The summed E-state index contributed by atoms with van der Waals surface area (Å²) in [5, 5.41) is 10.6. The summed E-state index contributed by atoms with van der Waals surface area (Å²) >= 11 is 0. The van der Waals surface area contributed by atoms with Crippen molar-refractivity contribution in [2.24, 2.45) is 0 Å². The van der Waals surface area contributed by atoms with Crippen LogP contribution in [0.15, 0.2) is 36.4 Å². The maximum Gasteiger partial charge on any atom is 0.426 e. The summed E-state index contributed by atoms with van der Waals surface area (Å²) in [6.07, 6.45) is -5.13. The zero-order chi connectivity index (χ0) is 17.4. The molecule has 1 atom stereocenters. The Kier molecular flexibility index (Phi) is 4.39. The number of ether oxygens (including phenoxy) is 1. The van der Waals surface area contributed by atoms with Gasteiger partial charge in [0.2, 0.25) is 5.60 Å². The number of hydrogen-bond donors (Lipinski definition) is 1. The molecule has 2 aromatic carbocycles. The zero-order valence-corrected chi connectivity index (χ0v) is 12.8. The van der Waals surface area contributed by atoms with Gasteiger partial charge in [0.25, 0.3) is 0 Å². The zero-order valence-electron chi connectivity index (χ0n) is 12.8. The minimum Gasteiger partial charge on any atom is -0.496 e. The number of halogens is 4. The molecule has 0 fully saturated rings. The fourth-order valence-electron chi connectivity index (χ4n) is 2.47. The average Bonchev–Trinajstić information content (AvgIpc) is 2.45. The fraction of sp³-hybridized carbons (Fsp3) is 0.294. The minimum atomic E-state index is -5.13. The van der Waals surface area contributed by atoms with E-state index in [9.17, 15) is 22.7 Å². The Bertz CT molecular complexity index is 725. The maximum absolute atomic E-state index is 14.2. The van der Waals surface area contributed by atoms with E-state index in [2.05, 4.69) is 0 Å². The molecule has 0 aliphatic carbocycles. The van der Waals surface area contributed by atoms with Gasteiger partial charge in [-0.1, -0.05) is 23.8 Å². The Balaban J connectivity index is 2.84. The van der Waals surface area contributed by atoms with E-state index in [1.165, 1.54) is 19.2 Å². The third-order valence-corrected chi connectivity index (χ3v) is 3.67. The molecule has 0 spiro atoms. The van der Waals surface area contributed by atoms with E-state index in [0.717, 1.165) is 18.2 Å². The number of aliphatic hydroxyl groups is 1. The van der Waals surface area contributed by atoms with Crippen molar-refractivity contribution in [3.63, 3.8) is 0 Å². The van der Waals surface area contributed by atoms with Crippen LogP contribution in [0, 0.1) is 19.7 Å². The summed E-state index contributed by atoms with van der Waals surface area (Å²) in [6, 6.07) is 7.22. The summed E-state index contributed by atoms with van der Waals surface area (Å²) in [5.41, 5.74) is -3.99. The largest absolute Gasteiger partial charge is 0.496 e. The molecule has 2 nitrogen and oxygen atoms in total. The lowest BCUT2D eigenvalue weighted by Crippen LogP contribution is -2.44.